The molecule has 26 heavy (non-hydrogen) atoms. The number of anilines is 1. The van der Waals surface area contributed by atoms with E-state index >= 15 is 0 Å². The van der Waals surface area contributed by atoms with E-state index in [4.69, 9.17) is 32.2 Å². The van der Waals surface area contributed by atoms with Gasteiger partial charge in [0.25, 0.3) is 0 Å². The molecule has 1 saturated heterocycles. The van der Waals surface area contributed by atoms with Gasteiger partial charge in [-0.2, -0.15) is 4.98 Å². The maximum absolute atomic E-state index is 6.04. The number of aromatic nitrogens is 3. The van der Waals surface area contributed by atoms with Crippen LogP contribution in [0, 0.1) is 6.92 Å². The highest BCUT2D eigenvalue weighted by Crippen LogP contribution is 2.27. The van der Waals surface area contributed by atoms with Crippen LogP contribution in [0.3, 0.4) is 0 Å². The summed E-state index contributed by atoms with van der Waals surface area (Å²) in [4.78, 5) is 8.87. The van der Waals surface area contributed by atoms with E-state index in [2.05, 4.69) is 25.1 Å². The summed E-state index contributed by atoms with van der Waals surface area (Å²) in [7, 11) is 0. The lowest BCUT2D eigenvalue weighted by molar-refractivity contribution is 0.215. The van der Waals surface area contributed by atoms with Crippen molar-refractivity contribution in [2.45, 2.75) is 13.5 Å². The van der Waals surface area contributed by atoms with E-state index in [9.17, 15) is 0 Å². The second-order valence-electron chi connectivity index (χ2n) is 6.26. The summed E-state index contributed by atoms with van der Waals surface area (Å²) < 4.78 is 10.7. The lowest BCUT2D eigenvalue weighted by atomic mass is 10.2. The second-order valence-corrected chi connectivity index (χ2v) is 7.13. The molecule has 3 aromatic rings. The topological polar surface area (TPSA) is 71.4 Å². The summed E-state index contributed by atoms with van der Waals surface area (Å²) in [5.74, 6) is 1.36. The van der Waals surface area contributed by atoms with Crippen LogP contribution in [-0.2, 0) is 6.54 Å². The summed E-state index contributed by atoms with van der Waals surface area (Å²) >= 11 is 12.1. The summed E-state index contributed by atoms with van der Waals surface area (Å²) in [6, 6.07) is 7.67. The lowest BCUT2D eigenvalue weighted by Gasteiger charge is -2.32. The first-order chi connectivity index (χ1) is 12.6. The van der Waals surface area contributed by atoms with Crippen molar-refractivity contribution in [3.8, 4) is 11.4 Å². The van der Waals surface area contributed by atoms with E-state index in [0.717, 1.165) is 49.7 Å². The molecule has 0 atom stereocenters. The van der Waals surface area contributed by atoms with Gasteiger partial charge in [-0.05, 0) is 25.1 Å². The highest BCUT2D eigenvalue weighted by Gasteiger charge is 2.22. The zero-order chi connectivity index (χ0) is 18.1. The van der Waals surface area contributed by atoms with Gasteiger partial charge in [-0.15, -0.1) is 0 Å². The van der Waals surface area contributed by atoms with Crippen LogP contribution >= 0.6 is 23.2 Å². The fourth-order valence-electron chi connectivity index (χ4n) is 2.95. The number of piperazine rings is 1. The smallest absolute Gasteiger partial charge is 0.324 e. The molecule has 1 fully saturated rings. The molecule has 0 N–H and O–H groups in total. The van der Waals surface area contributed by atoms with E-state index in [1.54, 1.807) is 18.2 Å². The number of rotatable bonds is 4. The van der Waals surface area contributed by atoms with Gasteiger partial charge in [0.1, 0.15) is 0 Å². The zero-order valence-corrected chi connectivity index (χ0v) is 15.7. The lowest BCUT2D eigenvalue weighted by Crippen LogP contribution is -2.46. The van der Waals surface area contributed by atoms with Crippen molar-refractivity contribution in [1.82, 2.24) is 20.2 Å². The Kier molecular flexibility index (Phi) is 4.84. The maximum Gasteiger partial charge on any atom is 0.324 e. The van der Waals surface area contributed by atoms with Gasteiger partial charge >= 0.3 is 6.01 Å². The fourth-order valence-corrected chi connectivity index (χ4v) is 3.48. The molecule has 7 nitrogen and oxygen atoms in total. The molecule has 136 valence electrons. The molecule has 0 bridgehead atoms. The van der Waals surface area contributed by atoms with Crippen molar-refractivity contribution in [3.63, 3.8) is 0 Å². The molecule has 3 heterocycles. The molecular weight excluding hydrogens is 377 g/mol. The Bertz CT molecular complexity index is 882. The molecular formula is C17H17Cl2N5O2. The first-order valence-corrected chi connectivity index (χ1v) is 9.02. The van der Waals surface area contributed by atoms with Crippen LogP contribution in [0.1, 0.15) is 11.5 Å². The predicted molar refractivity (Wildman–Crippen MR) is 98.5 cm³/mol. The molecule has 0 saturated carbocycles. The Morgan fingerprint density at radius 1 is 0.962 bits per heavy atom. The molecule has 2 aromatic heterocycles. The molecule has 0 aliphatic carbocycles. The van der Waals surface area contributed by atoms with Crippen LogP contribution in [-0.4, -0.2) is 46.4 Å². The van der Waals surface area contributed by atoms with E-state index in [0.29, 0.717) is 21.9 Å². The van der Waals surface area contributed by atoms with Crippen molar-refractivity contribution in [2.24, 2.45) is 0 Å². The summed E-state index contributed by atoms with van der Waals surface area (Å²) in [5, 5.41) is 9.05. The van der Waals surface area contributed by atoms with Crippen LogP contribution in [0.25, 0.3) is 11.4 Å². The number of benzene rings is 1. The van der Waals surface area contributed by atoms with Gasteiger partial charge < -0.3 is 13.9 Å². The Morgan fingerprint density at radius 3 is 2.35 bits per heavy atom. The van der Waals surface area contributed by atoms with E-state index in [1.165, 1.54) is 0 Å². The minimum Gasteiger partial charge on any atom is -0.360 e. The molecule has 4 rings (SSSR count). The minimum absolute atomic E-state index is 0.476. The molecule has 1 aliphatic heterocycles. The number of hydrogen-bond acceptors (Lipinski definition) is 7. The normalized spacial score (nSPS) is 15.6. The van der Waals surface area contributed by atoms with Crippen molar-refractivity contribution in [2.75, 3.05) is 31.1 Å². The van der Waals surface area contributed by atoms with Crippen LogP contribution in [0.4, 0.5) is 6.01 Å². The Hall–Kier alpha value is -2.09. The van der Waals surface area contributed by atoms with Crippen molar-refractivity contribution >= 4 is 29.2 Å². The quantitative estimate of drug-likeness (QED) is 0.669. The van der Waals surface area contributed by atoms with Gasteiger partial charge in [0, 0.05) is 47.9 Å². The molecule has 0 amide bonds. The molecule has 1 aliphatic rings. The van der Waals surface area contributed by atoms with Crippen molar-refractivity contribution < 1.29 is 9.05 Å². The second kappa shape index (κ2) is 7.26. The average Bonchev–Trinajstić information content (AvgIpc) is 3.24. The zero-order valence-electron chi connectivity index (χ0n) is 14.2. The Balaban J connectivity index is 1.40. The van der Waals surface area contributed by atoms with Gasteiger partial charge in [0.15, 0.2) is 5.76 Å². The highest BCUT2D eigenvalue weighted by molar-refractivity contribution is 6.35. The van der Waals surface area contributed by atoms with Gasteiger partial charge in [-0.1, -0.05) is 33.5 Å². The molecule has 0 unspecified atom stereocenters. The third-order valence-electron chi connectivity index (χ3n) is 4.24. The number of hydrogen-bond donors (Lipinski definition) is 0. The molecule has 9 heteroatoms. The third-order valence-corrected chi connectivity index (χ3v) is 4.67. The summed E-state index contributed by atoms with van der Waals surface area (Å²) in [5.41, 5.74) is 1.63. The standard InChI is InChI=1S/C17H17Cl2N5O2/c1-11-6-15(25-21-11)10-23-2-4-24(5-3-23)17-20-16(22-26-17)12-7-13(18)9-14(19)8-12/h6-9H,2-5,10H2,1H3. The first kappa shape index (κ1) is 17.3. The third kappa shape index (κ3) is 3.85. The van der Waals surface area contributed by atoms with Gasteiger partial charge in [0.05, 0.1) is 12.2 Å². The van der Waals surface area contributed by atoms with Crippen LogP contribution < -0.4 is 4.90 Å². The monoisotopic (exact) mass is 393 g/mol. The van der Waals surface area contributed by atoms with E-state index in [1.807, 2.05) is 13.0 Å². The van der Waals surface area contributed by atoms with Crippen molar-refractivity contribution in [1.29, 1.82) is 0 Å². The Morgan fingerprint density at radius 2 is 1.69 bits per heavy atom. The van der Waals surface area contributed by atoms with Gasteiger partial charge in [-0.25, -0.2) is 0 Å². The number of nitrogens with zero attached hydrogens (tertiary/aromatic N) is 5. The van der Waals surface area contributed by atoms with E-state index < -0.39 is 0 Å². The van der Waals surface area contributed by atoms with Gasteiger partial charge in [-0.3, -0.25) is 4.90 Å². The van der Waals surface area contributed by atoms with Crippen LogP contribution in [0.15, 0.2) is 33.3 Å². The molecule has 1 aromatic carbocycles. The number of halogens is 2. The molecule has 0 spiro atoms. The van der Waals surface area contributed by atoms with E-state index in [-0.39, 0.29) is 0 Å². The highest BCUT2D eigenvalue weighted by atomic mass is 35.5. The Labute approximate surface area is 160 Å². The number of aryl methyl sites for hydroxylation is 1. The van der Waals surface area contributed by atoms with Crippen molar-refractivity contribution in [3.05, 3.63) is 45.8 Å². The van der Waals surface area contributed by atoms with Crippen LogP contribution in [0.5, 0.6) is 0 Å². The SMILES string of the molecule is Cc1cc(CN2CCN(c3nc(-c4cc(Cl)cc(Cl)c4)no3)CC2)on1. The average molecular weight is 394 g/mol. The minimum atomic E-state index is 0.476. The molecule has 0 radical (unpaired) electrons. The first-order valence-electron chi connectivity index (χ1n) is 8.26. The summed E-state index contributed by atoms with van der Waals surface area (Å²) in [6.45, 7) is 6.02. The summed E-state index contributed by atoms with van der Waals surface area (Å²) in [6.07, 6.45) is 0. The maximum atomic E-state index is 6.04. The largest absolute Gasteiger partial charge is 0.360 e. The van der Waals surface area contributed by atoms with Crippen LogP contribution in [0.2, 0.25) is 10.0 Å². The van der Waals surface area contributed by atoms with Gasteiger partial charge in [0.2, 0.25) is 5.82 Å². The predicted octanol–water partition coefficient (Wildman–Crippen LogP) is 3.66. The fraction of sp³-hybridized carbons (Fsp3) is 0.353.